The third-order valence-electron chi connectivity index (χ3n) is 2.48. The van der Waals surface area contributed by atoms with Crippen LogP contribution in [0.15, 0.2) is 25.8 Å². The molecule has 1 aromatic heterocycles. The van der Waals surface area contributed by atoms with Gasteiger partial charge >= 0.3 is 5.63 Å². The summed E-state index contributed by atoms with van der Waals surface area (Å²) < 4.78 is 15.4. The molecule has 1 heterocycles. The summed E-state index contributed by atoms with van der Waals surface area (Å²) in [5.74, 6) is 1.59. The van der Waals surface area contributed by atoms with Gasteiger partial charge in [0.2, 0.25) is 0 Å². The van der Waals surface area contributed by atoms with Crippen molar-refractivity contribution in [2.75, 3.05) is 14.2 Å². The van der Waals surface area contributed by atoms with E-state index in [1.54, 1.807) is 26.2 Å². The highest BCUT2D eigenvalue weighted by molar-refractivity contribution is 9.10. The molecule has 21 heavy (non-hydrogen) atoms. The summed E-state index contributed by atoms with van der Waals surface area (Å²) in [6, 6.07) is 3.42. The quantitative estimate of drug-likeness (QED) is 0.653. The first kappa shape index (κ1) is 18.4. The molecule has 0 aliphatic carbocycles. The molecular weight excluding hydrogens is 406 g/mol. The van der Waals surface area contributed by atoms with Crippen molar-refractivity contribution in [2.24, 2.45) is 0 Å². The van der Waals surface area contributed by atoms with Crippen LogP contribution < -0.4 is 15.1 Å². The van der Waals surface area contributed by atoms with Crippen LogP contribution >= 0.6 is 50.7 Å². The maximum absolute atomic E-state index is 11.8. The highest BCUT2D eigenvalue weighted by Gasteiger charge is 2.15. The predicted octanol–water partition coefficient (Wildman–Crippen LogP) is 4.87. The summed E-state index contributed by atoms with van der Waals surface area (Å²) in [6.07, 6.45) is 0. The van der Waals surface area contributed by atoms with Gasteiger partial charge in [0, 0.05) is 11.5 Å². The van der Waals surface area contributed by atoms with Crippen molar-refractivity contribution in [3.63, 3.8) is 0 Å². The summed E-state index contributed by atoms with van der Waals surface area (Å²) in [6.45, 7) is 1.72. The van der Waals surface area contributed by atoms with Gasteiger partial charge in [0.15, 0.2) is 4.30 Å². The SMILES string of the molecule is COc1cc(OC)c2c(=O)oc(C)cc2c1Br.ClC(Cl)Cl. The van der Waals surface area contributed by atoms with E-state index in [0.717, 1.165) is 5.39 Å². The molecule has 0 aliphatic rings. The van der Waals surface area contributed by atoms with Crippen molar-refractivity contribution in [3.05, 3.63) is 32.8 Å². The van der Waals surface area contributed by atoms with Gasteiger partial charge in [0.1, 0.15) is 22.6 Å². The molecule has 0 amide bonds. The van der Waals surface area contributed by atoms with E-state index in [1.165, 1.54) is 7.11 Å². The van der Waals surface area contributed by atoms with E-state index in [0.29, 0.717) is 27.1 Å². The second-order valence-electron chi connectivity index (χ2n) is 3.78. The monoisotopic (exact) mass is 416 g/mol. The Hall–Kier alpha value is -0.620. The van der Waals surface area contributed by atoms with Crippen LogP contribution in [0.25, 0.3) is 10.8 Å². The minimum Gasteiger partial charge on any atom is -0.496 e. The molecule has 0 N–H and O–H groups in total. The van der Waals surface area contributed by atoms with Gasteiger partial charge in [-0.1, -0.05) is 34.8 Å². The molecule has 116 valence electrons. The Kier molecular flexibility index (Phi) is 7.13. The molecule has 8 heteroatoms. The number of fused-ring (bicyclic) bond motifs is 1. The molecule has 0 saturated heterocycles. The maximum atomic E-state index is 11.8. The summed E-state index contributed by atoms with van der Waals surface area (Å²) in [5.41, 5.74) is -0.416. The van der Waals surface area contributed by atoms with Crippen LogP contribution in [0.5, 0.6) is 11.5 Å². The number of hydrogen-bond acceptors (Lipinski definition) is 4. The molecule has 0 atom stereocenters. The van der Waals surface area contributed by atoms with Gasteiger partial charge in [0.05, 0.1) is 18.7 Å². The Morgan fingerprint density at radius 3 is 2.14 bits per heavy atom. The maximum Gasteiger partial charge on any atom is 0.347 e. The standard InChI is InChI=1S/C12H11BrO4.CHCl3/c1-6-4-7-10(12(14)17-6)8(15-2)5-9(16-3)11(7)13;2-1(3)4/h4-5H,1-3H3;1H. The van der Waals surface area contributed by atoms with Crippen molar-refractivity contribution in [1.29, 1.82) is 0 Å². The van der Waals surface area contributed by atoms with E-state index in [2.05, 4.69) is 15.9 Å². The number of rotatable bonds is 2. The molecule has 0 saturated carbocycles. The van der Waals surface area contributed by atoms with E-state index < -0.39 is 9.92 Å². The van der Waals surface area contributed by atoms with Crippen LogP contribution in [-0.4, -0.2) is 18.5 Å². The Bertz CT molecular complexity index is 682. The molecule has 2 rings (SSSR count). The van der Waals surface area contributed by atoms with Gasteiger partial charge in [-0.3, -0.25) is 0 Å². The molecule has 0 aliphatic heterocycles. The largest absolute Gasteiger partial charge is 0.496 e. The molecule has 4 nitrogen and oxygen atoms in total. The number of aryl methyl sites for hydroxylation is 1. The molecule has 2 aromatic rings. The normalized spacial score (nSPS) is 10.3. The third kappa shape index (κ3) is 4.68. The Morgan fingerprint density at radius 1 is 1.14 bits per heavy atom. The zero-order chi connectivity index (χ0) is 16.2. The summed E-state index contributed by atoms with van der Waals surface area (Å²) in [4.78, 5) is 11.8. The minimum absolute atomic E-state index is 0.408. The van der Waals surface area contributed by atoms with E-state index in [-0.39, 0.29) is 0 Å². The van der Waals surface area contributed by atoms with Crippen molar-refractivity contribution in [1.82, 2.24) is 0 Å². The number of hydrogen-bond donors (Lipinski definition) is 0. The van der Waals surface area contributed by atoms with Crippen molar-refractivity contribution < 1.29 is 13.9 Å². The van der Waals surface area contributed by atoms with Gasteiger partial charge in [0.25, 0.3) is 0 Å². The second kappa shape index (κ2) is 8.13. The predicted molar refractivity (Wildman–Crippen MR) is 89.4 cm³/mol. The number of alkyl halides is 3. The van der Waals surface area contributed by atoms with Crippen molar-refractivity contribution >= 4 is 61.5 Å². The van der Waals surface area contributed by atoms with Gasteiger partial charge in [-0.2, -0.15) is 0 Å². The highest BCUT2D eigenvalue weighted by atomic mass is 79.9. The van der Waals surface area contributed by atoms with Crippen LogP contribution in [0.2, 0.25) is 0 Å². The average molecular weight is 418 g/mol. The van der Waals surface area contributed by atoms with Gasteiger partial charge < -0.3 is 13.9 Å². The van der Waals surface area contributed by atoms with Crippen LogP contribution in [0.3, 0.4) is 0 Å². The number of halogens is 4. The Morgan fingerprint density at radius 2 is 1.67 bits per heavy atom. The topological polar surface area (TPSA) is 48.7 Å². The van der Waals surface area contributed by atoms with Gasteiger partial charge in [-0.25, -0.2) is 4.79 Å². The van der Waals surface area contributed by atoms with Crippen LogP contribution in [-0.2, 0) is 0 Å². The molecule has 0 radical (unpaired) electrons. The van der Waals surface area contributed by atoms with Gasteiger partial charge in [-0.05, 0) is 28.9 Å². The summed E-state index contributed by atoms with van der Waals surface area (Å²) in [7, 11) is 3.06. The summed E-state index contributed by atoms with van der Waals surface area (Å²) in [5, 5.41) is 1.13. The first-order valence-electron chi connectivity index (χ1n) is 5.59. The lowest BCUT2D eigenvalue weighted by Gasteiger charge is -2.10. The van der Waals surface area contributed by atoms with E-state index in [4.69, 9.17) is 48.7 Å². The number of benzene rings is 1. The molecule has 0 fully saturated rings. The van der Waals surface area contributed by atoms with E-state index in [1.807, 2.05) is 0 Å². The highest BCUT2D eigenvalue weighted by Crippen LogP contribution is 2.37. The lowest BCUT2D eigenvalue weighted by Crippen LogP contribution is -2.04. The van der Waals surface area contributed by atoms with Crippen LogP contribution in [0.4, 0.5) is 0 Å². The zero-order valence-corrected chi connectivity index (χ0v) is 15.2. The molecule has 0 bridgehead atoms. The second-order valence-corrected chi connectivity index (χ2v) is 6.55. The van der Waals surface area contributed by atoms with E-state index in [9.17, 15) is 4.79 Å². The molecule has 0 spiro atoms. The van der Waals surface area contributed by atoms with Gasteiger partial charge in [-0.15, -0.1) is 0 Å². The zero-order valence-electron chi connectivity index (χ0n) is 11.4. The fourth-order valence-electron chi connectivity index (χ4n) is 1.72. The van der Waals surface area contributed by atoms with Crippen molar-refractivity contribution in [2.45, 2.75) is 11.2 Å². The fraction of sp³-hybridized carbons (Fsp3) is 0.308. The van der Waals surface area contributed by atoms with Crippen molar-refractivity contribution in [3.8, 4) is 11.5 Å². The average Bonchev–Trinajstić information content (AvgIpc) is 2.39. The smallest absolute Gasteiger partial charge is 0.347 e. The first-order valence-corrected chi connectivity index (χ1v) is 7.69. The third-order valence-corrected chi connectivity index (χ3v) is 3.29. The Balaban J connectivity index is 0.000000491. The number of ether oxygens (including phenoxy) is 2. The lowest BCUT2D eigenvalue weighted by atomic mass is 10.1. The van der Waals surface area contributed by atoms with Crippen LogP contribution in [0.1, 0.15) is 5.76 Å². The number of methoxy groups -OCH3 is 2. The lowest BCUT2D eigenvalue weighted by molar-refractivity contribution is 0.394. The Labute approximate surface area is 145 Å². The minimum atomic E-state index is -0.750. The molecule has 0 unspecified atom stereocenters. The molecule has 1 aromatic carbocycles. The fourth-order valence-corrected chi connectivity index (χ4v) is 2.30. The summed E-state index contributed by atoms with van der Waals surface area (Å²) >= 11 is 17.8. The van der Waals surface area contributed by atoms with Crippen LogP contribution in [0, 0.1) is 6.92 Å². The molecular formula is C13H12BrCl3O4. The first-order chi connectivity index (χ1) is 9.81. The van der Waals surface area contributed by atoms with E-state index >= 15 is 0 Å².